The Labute approximate surface area is 136 Å². The van der Waals surface area contributed by atoms with Crippen LogP contribution in [0.1, 0.15) is 19.3 Å². The summed E-state index contributed by atoms with van der Waals surface area (Å²) in [5, 5.41) is 15.1. The molecular formula is C13H13Cl3N2O3. The van der Waals surface area contributed by atoms with Gasteiger partial charge >= 0.3 is 12.0 Å². The third-order valence-electron chi connectivity index (χ3n) is 3.38. The fraction of sp³-hybridized carbons (Fsp3) is 0.385. The first kappa shape index (κ1) is 16.2. The topological polar surface area (TPSA) is 78.4 Å². The summed E-state index contributed by atoms with van der Waals surface area (Å²) >= 11 is 17.6. The molecule has 1 aliphatic rings. The van der Waals surface area contributed by atoms with Gasteiger partial charge in [0, 0.05) is 6.04 Å². The maximum atomic E-state index is 11.9. The second-order valence-corrected chi connectivity index (χ2v) is 6.11. The van der Waals surface area contributed by atoms with Crippen LogP contribution in [0.3, 0.4) is 0 Å². The van der Waals surface area contributed by atoms with Crippen LogP contribution >= 0.6 is 34.8 Å². The second kappa shape index (κ2) is 6.73. The van der Waals surface area contributed by atoms with Crippen molar-refractivity contribution in [2.75, 3.05) is 5.32 Å². The molecule has 1 aromatic carbocycles. The number of hydrogen-bond donors (Lipinski definition) is 3. The average Bonchev–Trinajstić information content (AvgIpc) is 2.84. The minimum atomic E-state index is -0.827. The van der Waals surface area contributed by atoms with Crippen molar-refractivity contribution in [3.63, 3.8) is 0 Å². The minimum absolute atomic E-state index is 0.160. The molecule has 0 aliphatic heterocycles. The number of amides is 2. The van der Waals surface area contributed by atoms with E-state index in [1.54, 1.807) is 0 Å². The normalized spacial score (nSPS) is 21.1. The Bertz CT molecular complexity index is 580. The van der Waals surface area contributed by atoms with Gasteiger partial charge in [0.1, 0.15) is 0 Å². The molecule has 2 atom stereocenters. The maximum Gasteiger partial charge on any atom is 0.319 e. The number of benzene rings is 1. The monoisotopic (exact) mass is 350 g/mol. The number of carbonyl (C=O) groups is 2. The van der Waals surface area contributed by atoms with Crippen LogP contribution in [0.15, 0.2) is 12.1 Å². The Morgan fingerprint density at radius 1 is 1.10 bits per heavy atom. The molecule has 0 spiro atoms. The van der Waals surface area contributed by atoms with Gasteiger partial charge in [-0.3, -0.25) is 4.79 Å². The van der Waals surface area contributed by atoms with E-state index >= 15 is 0 Å². The van der Waals surface area contributed by atoms with E-state index in [1.165, 1.54) is 12.1 Å². The van der Waals surface area contributed by atoms with E-state index in [4.69, 9.17) is 39.9 Å². The molecule has 1 aromatic rings. The maximum absolute atomic E-state index is 11.9. The van der Waals surface area contributed by atoms with E-state index in [9.17, 15) is 9.59 Å². The molecule has 5 nitrogen and oxygen atoms in total. The van der Waals surface area contributed by atoms with E-state index < -0.39 is 17.9 Å². The lowest BCUT2D eigenvalue weighted by Gasteiger charge is -2.14. The highest BCUT2D eigenvalue weighted by Gasteiger charge is 2.30. The van der Waals surface area contributed by atoms with Gasteiger partial charge in [0.25, 0.3) is 0 Å². The highest BCUT2D eigenvalue weighted by Crippen LogP contribution is 2.32. The molecule has 114 valence electrons. The van der Waals surface area contributed by atoms with Crippen molar-refractivity contribution in [2.45, 2.75) is 25.3 Å². The first-order valence-corrected chi connectivity index (χ1v) is 7.45. The van der Waals surface area contributed by atoms with Gasteiger partial charge < -0.3 is 15.7 Å². The number of hydrogen-bond acceptors (Lipinski definition) is 2. The Morgan fingerprint density at radius 2 is 1.76 bits per heavy atom. The lowest BCUT2D eigenvalue weighted by atomic mass is 10.1. The number of urea groups is 1. The molecule has 0 bridgehead atoms. The van der Waals surface area contributed by atoms with E-state index in [0.29, 0.717) is 30.0 Å². The largest absolute Gasteiger partial charge is 0.481 e. The zero-order chi connectivity index (χ0) is 15.6. The van der Waals surface area contributed by atoms with Crippen molar-refractivity contribution in [3.8, 4) is 0 Å². The Balaban J connectivity index is 1.94. The van der Waals surface area contributed by atoms with Gasteiger partial charge in [-0.2, -0.15) is 0 Å². The Kier molecular flexibility index (Phi) is 5.19. The highest BCUT2D eigenvalue weighted by atomic mass is 35.5. The van der Waals surface area contributed by atoms with Gasteiger partial charge in [0.2, 0.25) is 0 Å². The lowest BCUT2D eigenvalue weighted by molar-refractivity contribution is -0.141. The molecule has 1 saturated carbocycles. The van der Waals surface area contributed by atoms with Gasteiger partial charge in [0.15, 0.2) is 0 Å². The van der Waals surface area contributed by atoms with E-state index in [1.807, 2.05) is 0 Å². The highest BCUT2D eigenvalue weighted by molar-refractivity contribution is 6.44. The van der Waals surface area contributed by atoms with Crippen LogP contribution in [0.25, 0.3) is 0 Å². The molecule has 2 unspecified atom stereocenters. The van der Waals surface area contributed by atoms with Gasteiger partial charge in [-0.15, -0.1) is 0 Å². The molecule has 1 aliphatic carbocycles. The number of halogens is 3. The number of aliphatic carboxylic acids is 1. The third kappa shape index (κ3) is 4.15. The number of nitrogens with one attached hydrogen (secondary N) is 2. The van der Waals surface area contributed by atoms with Crippen LogP contribution in [-0.2, 0) is 4.79 Å². The molecule has 3 N–H and O–H groups in total. The van der Waals surface area contributed by atoms with Crippen LogP contribution in [0, 0.1) is 5.92 Å². The molecule has 2 amide bonds. The summed E-state index contributed by atoms with van der Waals surface area (Å²) < 4.78 is 0. The van der Waals surface area contributed by atoms with Crippen molar-refractivity contribution in [2.24, 2.45) is 5.92 Å². The van der Waals surface area contributed by atoms with Crippen molar-refractivity contribution in [3.05, 3.63) is 27.2 Å². The molecule has 2 rings (SSSR count). The van der Waals surface area contributed by atoms with Crippen LogP contribution in [-0.4, -0.2) is 23.1 Å². The van der Waals surface area contributed by atoms with Gasteiger partial charge in [-0.05, 0) is 31.4 Å². The van der Waals surface area contributed by atoms with Crippen molar-refractivity contribution < 1.29 is 14.7 Å². The molecule has 0 radical (unpaired) electrons. The molecule has 0 heterocycles. The summed E-state index contributed by atoms with van der Waals surface area (Å²) in [6.45, 7) is 0. The quantitative estimate of drug-likeness (QED) is 0.720. The summed E-state index contributed by atoms with van der Waals surface area (Å²) in [5.74, 6) is -1.23. The number of anilines is 1. The summed E-state index contributed by atoms with van der Waals surface area (Å²) in [4.78, 5) is 22.8. The molecule has 0 aromatic heterocycles. The summed E-state index contributed by atoms with van der Waals surface area (Å²) in [7, 11) is 0. The summed E-state index contributed by atoms with van der Waals surface area (Å²) in [5.41, 5.74) is 0.344. The van der Waals surface area contributed by atoms with Crippen molar-refractivity contribution in [1.29, 1.82) is 0 Å². The van der Waals surface area contributed by atoms with Gasteiger partial charge in [-0.1, -0.05) is 34.8 Å². The van der Waals surface area contributed by atoms with Crippen LogP contribution < -0.4 is 10.6 Å². The van der Waals surface area contributed by atoms with Crippen molar-refractivity contribution >= 4 is 52.5 Å². The summed E-state index contributed by atoms with van der Waals surface area (Å²) in [6, 6.07) is 2.29. The predicted molar refractivity (Wildman–Crippen MR) is 82.4 cm³/mol. The first-order valence-electron chi connectivity index (χ1n) is 6.31. The predicted octanol–water partition coefficient (Wildman–Crippen LogP) is 4.02. The van der Waals surface area contributed by atoms with E-state index in [-0.39, 0.29) is 16.1 Å². The molecular weight excluding hydrogens is 339 g/mol. The molecule has 8 heteroatoms. The standard InChI is InChI=1S/C13H13Cl3N2O3/c14-8-4-10(16)11(5-9(8)15)18-13(21)17-7-2-1-6(3-7)12(19)20/h4-7H,1-3H2,(H,19,20)(H2,17,18,21). The zero-order valence-electron chi connectivity index (χ0n) is 10.8. The van der Waals surface area contributed by atoms with E-state index in [2.05, 4.69) is 10.6 Å². The number of carboxylic acids is 1. The minimum Gasteiger partial charge on any atom is -0.481 e. The fourth-order valence-corrected chi connectivity index (χ4v) is 2.89. The van der Waals surface area contributed by atoms with Crippen LogP contribution in [0.5, 0.6) is 0 Å². The molecule has 1 fully saturated rings. The average molecular weight is 352 g/mol. The number of carbonyl (C=O) groups excluding carboxylic acids is 1. The number of carboxylic acid groups (broad SMARTS) is 1. The second-order valence-electron chi connectivity index (χ2n) is 4.89. The van der Waals surface area contributed by atoms with E-state index in [0.717, 1.165) is 0 Å². The first-order chi connectivity index (χ1) is 9.86. The third-order valence-corrected chi connectivity index (χ3v) is 4.41. The van der Waals surface area contributed by atoms with Crippen LogP contribution in [0.2, 0.25) is 15.1 Å². The lowest BCUT2D eigenvalue weighted by Crippen LogP contribution is -2.36. The zero-order valence-corrected chi connectivity index (χ0v) is 13.1. The summed E-state index contributed by atoms with van der Waals surface area (Å²) in [6.07, 6.45) is 1.63. The smallest absolute Gasteiger partial charge is 0.319 e. The van der Waals surface area contributed by atoms with Gasteiger partial charge in [-0.25, -0.2) is 4.79 Å². The Hall–Kier alpha value is -1.17. The van der Waals surface area contributed by atoms with Crippen molar-refractivity contribution in [1.82, 2.24) is 5.32 Å². The van der Waals surface area contributed by atoms with Gasteiger partial charge in [0.05, 0.1) is 26.7 Å². The SMILES string of the molecule is O=C(Nc1cc(Cl)c(Cl)cc1Cl)NC1CCC(C(=O)O)C1. The Morgan fingerprint density at radius 3 is 2.38 bits per heavy atom. The van der Waals surface area contributed by atoms with Crippen LogP contribution in [0.4, 0.5) is 10.5 Å². The molecule has 21 heavy (non-hydrogen) atoms. The fourth-order valence-electron chi connectivity index (χ4n) is 2.30. The number of rotatable bonds is 3. The molecule has 0 saturated heterocycles.